The molecule has 1 aromatic heterocycles. The lowest BCUT2D eigenvalue weighted by Crippen LogP contribution is -2.34. The van der Waals surface area contributed by atoms with Gasteiger partial charge in [0.05, 0.1) is 12.8 Å². The summed E-state index contributed by atoms with van der Waals surface area (Å²) in [5, 5.41) is 6.24. The fourth-order valence-electron chi connectivity index (χ4n) is 1.58. The molecule has 6 nitrogen and oxygen atoms in total. The molecule has 0 saturated carbocycles. The van der Waals surface area contributed by atoms with E-state index in [0.717, 1.165) is 5.76 Å². The van der Waals surface area contributed by atoms with Crippen LogP contribution in [0.5, 0.6) is 0 Å². The lowest BCUT2D eigenvalue weighted by atomic mass is 10.2. The topological polar surface area (TPSA) is 83.7 Å². The summed E-state index contributed by atoms with van der Waals surface area (Å²) in [6.45, 7) is 1.66. The van der Waals surface area contributed by atoms with Gasteiger partial charge in [-0.3, -0.25) is 9.59 Å². The third-order valence-corrected chi connectivity index (χ3v) is 2.59. The number of rotatable bonds is 5. The van der Waals surface area contributed by atoms with Crippen molar-refractivity contribution in [2.75, 3.05) is 6.54 Å². The molecule has 0 aliphatic heterocycles. The molecule has 2 amide bonds. The lowest BCUT2D eigenvalue weighted by molar-refractivity contribution is -0.120. The molecular formula is C15H15N3O3. The van der Waals surface area contributed by atoms with Gasteiger partial charge in [-0.05, 0) is 31.2 Å². The van der Waals surface area contributed by atoms with Crippen molar-refractivity contribution >= 4 is 18.0 Å². The first-order valence-corrected chi connectivity index (χ1v) is 6.37. The van der Waals surface area contributed by atoms with Gasteiger partial charge in [0.2, 0.25) is 0 Å². The summed E-state index contributed by atoms with van der Waals surface area (Å²) >= 11 is 0. The number of amides is 2. The number of hydrogen-bond acceptors (Lipinski definition) is 4. The second-order valence-electron chi connectivity index (χ2n) is 4.29. The fraction of sp³-hybridized carbons (Fsp3) is 0.133. The first kappa shape index (κ1) is 14.5. The number of carbonyl (C=O) groups excluding carboxylic acids is 2. The molecule has 0 bridgehead atoms. The van der Waals surface area contributed by atoms with Crippen LogP contribution in [0, 0.1) is 6.92 Å². The minimum atomic E-state index is -0.418. The van der Waals surface area contributed by atoms with Gasteiger partial charge in [-0.2, -0.15) is 5.10 Å². The van der Waals surface area contributed by atoms with Gasteiger partial charge in [0, 0.05) is 5.56 Å². The third kappa shape index (κ3) is 4.61. The summed E-state index contributed by atoms with van der Waals surface area (Å²) in [6, 6.07) is 12.2. The van der Waals surface area contributed by atoms with Gasteiger partial charge in [0.25, 0.3) is 11.8 Å². The van der Waals surface area contributed by atoms with Crippen molar-refractivity contribution in [1.29, 1.82) is 0 Å². The van der Waals surface area contributed by atoms with Gasteiger partial charge in [0.1, 0.15) is 11.5 Å². The van der Waals surface area contributed by atoms with Crippen molar-refractivity contribution in [3.05, 3.63) is 59.5 Å². The number of nitrogens with one attached hydrogen (secondary N) is 2. The van der Waals surface area contributed by atoms with Crippen LogP contribution < -0.4 is 10.7 Å². The van der Waals surface area contributed by atoms with Gasteiger partial charge in [-0.15, -0.1) is 0 Å². The molecule has 2 aromatic rings. The van der Waals surface area contributed by atoms with E-state index in [1.807, 2.05) is 13.0 Å². The molecule has 0 aliphatic carbocycles. The van der Waals surface area contributed by atoms with Crippen molar-refractivity contribution in [3.63, 3.8) is 0 Å². The summed E-state index contributed by atoms with van der Waals surface area (Å²) in [5.41, 5.74) is 2.80. The largest absolute Gasteiger partial charge is 0.460 e. The first-order chi connectivity index (χ1) is 10.1. The van der Waals surface area contributed by atoms with Crippen molar-refractivity contribution in [2.24, 2.45) is 5.10 Å². The van der Waals surface area contributed by atoms with Crippen LogP contribution in [0.4, 0.5) is 0 Å². The highest BCUT2D eigenvalue weighted by atomic mass is 16.3. The number of aryl methyl sites for hydroxylation is 1. The number of hydrazone groups is 1. The van der Waals surface area contributed by atoms with Crippen LogP contribution in [-0.2, 0) is 4.79 Å². The molecule has 1 aromatic carbocycles. The Bertz CT molecular complexity index is 647. The molecule has 2 rings (SSSR count). The first-order valence-electron chi connectivity index (χ1n) is 6.37. The maximum atomic E-state index is 11.7. The van der Waals surface area contributed by atoms with Crippen LogP contribution >= 0.6 is 0 Å². The van der Waals surface area contributed by atoms with E-state index in [2.05, 4.69) is 15.8 Å². The summed E-state index contributed by atoms with van der Waals surface area (Å²) in [6.07, 6.45) is 1.39. The van der Waals surface area contributed by atoms with Crippen LogP contribution in [0.25, 0.3) is 0 Å². The standard InChI is InChI=1S/C15H15N3O3/c1-11-7-8-13(21-11)9-17-18-14(19)10-16-15(20)12-5-3-2-4-6-12/h2-9H,10H2,1H3,(H,16,20)(H,18,19). The Morgan fingerprint density at radius 3 is 2.62 bits per heavy atom. The highest BCUT2D eigenvalue weighted by Crippen LogP contribution is 2.02. The van der Waals surface area contributed by atoms with E-state index >= 15 is 0 Å². The Morgan fingerprint density at radius 2 is 1.95 bits per heavy atom. The highest BCUT2D eigenvalue weighted by molar-refractivity contribution is 5.96. The van der Waals surface area contributed by atoms with Gasteiger partial charge in [-0.1, -0.05) is 18.2 Å². The Morgan fingerprint density at radius 1 is 1.19 bits per heavy atom. The summed E-state index contributed by atoms with van der Waals surface area (Å²) < 4.78 is 5.25. The minimum absolute atomic E-state index is 0.151. The van der Waals surface area contributed by atoms with Crippen molar-refractivity contribution in [3.8, 4) is 0 Å². The molecule has 6 heteroatoms. The number of nitrogens with zero attached hydrogens (tertiary/aromatic N) is 1. The molecule has 21 heavy (non-hydrogen) atoms. The SMILES string of the molecule is Cc1ccc(C=NNC(=O)CNC(=O)c2ccccc2)o1. The summed E-state index contributed by atoms with van der Waals surface area (Å²) in [5.74, 6) is 0.578. The second-order valence-corrected chi connectivity index (χ2v) is 4.29. The maximum absolute atomic E-state index is 11.7. The zero-order chi connectivity index (χ0) is 15.1. The van der Waals surface area contributed by atoms with E-state index < -0.39 is 5.91 Å². The molecule has 0 atom stereocenters. The molecule has 0 saturated heterocycles. The summed E-state index contributed by atoms with van der Waals surface area (Å²) in [7, 11) is 0. The van der Waals surface area contributed by atoms with E-state index in [1.165, 1.54) is 6.21 Å². The average Bonchev–Trinajstić information content (AvgIpc) is 2.91. The number of furan rings is 1. The molecule has 0 unspecified atom stereocenters. The van der Waals surface area contributed by atoms with E-state index in [-0.39, 0.29) is 12.5 Å². The molecule has 0 aliphatic rings. The van der Waals surface area contributed by atoms with Crippen LogP contribution in [0.3, 0.4) is 0 Å². The van der Waals surface area contributed by atoms with Crippen molar-refractivity contribution in [2.45, 2.75) is 6.92 Å². The van der Waals surface area contributed by atoms with Gasteiger partial charge in [-0.25, -0.2) is 5.43 Å². The van der Waals surface area contributed by atoms with Gasteiger partial charge >= 0.3 is 0 Å². The van der Waals surface area contributed by atoms with E-state index in [1.54, 1.807) is 36.4 Å². The Balaban J connectivity index is 1.75. The van der Waals surface area contributed by atoms with E-state index in [0.29, 0.717) is 11.3 Å². The molecule has 0 radical (unpaired) electrons. The Hall–Kier alpha value is -2.89. The Labute approximate surface area is 121 Å². The number of carbonyl (C=O) groups is 2. The van der Waals surface area contributed by atoms with E-state index in [4.69, 9.17) is 4.42 Å². The average molecular weight is 285 g/mol. The van der Waals surface area contributed by atoms with Gasteiger partial charge in [0.15, 0.2) is 0 Å². The monoisotopic (exact) mass is 285 g/mol. The zero-order valence-corrected chi connectivity index (χ0v) is 11.5. The van der Waals surface area contributed by atoms with Crippen LogP contribution in [0.1, 0.15) is 21.9 Å². The minimum Gasteiger partial charge on any atom is -0.460 e. The molecule has 0 fully saturated rings. The molecule has 1 heterocycles. The van der Waals surface area contributed by atoms with Gasteiger partial charge < -0.3 is 9.73 Å². The van der Waals surface area contributed by atoms with Crippen molar-refractivity contribution in [1.82, 2.24) is 10.7 Å². The highest BCUT2D eigenvalue weighted by Gasteiger charge is 2.06. The van der Waals surface area contributed by atoms with Crippen LogP contribution in [-0.4, -0.2) is 24.6 Å². The predicted molar refractivity (Wildman–Crippen MR) is 78.0 cm³/mol. The number of benzene rings is 1. The molecular weight excluding hydrogens is 270 g/mol. The summed E-state index contributed by atoms with van der Waals surface area (Å²) in [4.78, 5) is 23.2. The second kappa shape index (κ2) is 7.04. The Kier molecular flexibility index (Phi) is 4.87. The van der Waals surface area contributed by atoms with Crippen molar-refractivity contribution < 1.29 is 14.0 Å². The smallest absolute Gasteiger partial charge is 0.259 e. The molecule has 0 spiro atoms. The lowest BCUT2D eigenvalue weighted by Gasteiger charge is -2.03. The molecule has 108 valence electrons. The molecule has 2 N–H and O–H groups in total. The zero-order valence-electron chi connectivity index (χ0n) is 11.5. The maximum Gasteiger partial charge on any atom is 0.259 e. The van der Waals surface area contributed by atoms with Crippen LogP contribution in [0.2, 0.25) is 0 Å². The normalized spacial score (nSPS) is 10.5. The quantitative estimate of drug-likeness (QED) is 0.644. The van der Waals surface area contributed by atoms with Crippen LogP contribution in [0.15, 0.2) is 52.0 Å². The fourth-order valence-corrected chi connectivity index (χ4v) is 1.58. The third-order valence-electron chi connectivity index (χ3n) is 2.59. The number of hydrogen-bond donors (Lipinski definition) is 2. The van der Waals surface area contributed by atoms with E-state index in [9.17, 15) is 9.59 Å². The predicted octanol–water partition coefficient (Wildman–Crippen LogP) is 1.47.